The van der Waals surface area contributed by atoms with Crippen LogP contribution in [0.2, 0.25) is 0 Å². The Kier molecular flexibility index (Phi) is 7.28. The number of carbonyl (C=O) groups is 2. The van der Waals surface area contributed by atoms with E-state index in [2.05, 4.69) is 10.6 Å². The first-order valence-electron chi connectivity index (χ1n) is 11.1. The molecule has 0 saturated carbocycles. The first-order valence-corrected chi connectivity index (χ1v) is 11.1. The Balaban J connectivity index is 1.55. The first kappa shape index (κ1) is 23.4. The summed E-state index contributed by atoms with van der Waals surface area (Å²) in [5.41, 5.74) is 8.16. The van der Waals surface area contributed by atoms with Gasteiger partial charge in [-0.05, 0) is 41.8 Å². The Morgan fingerprint density at radius 1 is 0.857 bits per heavy atom. The molecule has 0 saturated heterocycles. The first-order chi connectivity index (χ1) is 17.0. The van der Waals surface area contributed by atoms with Crippen LogP contribution in [0.25, 0.3) is 10.8 Å². The van der Waals surface area contributed by atoms with E-state index < -0.39 is 12.2 Å². The van der Waals surface area contributed by atoms with Gasteiger partial charge in [-0.25, -0.2) is 4.79 Å². The number of fused-ring (bicyclic) bond motifs is 1. The topological polar surface area (TPSA) is 114 Å². The normalized spacial score (nSPS) is 11.8. The van der Waals surface area contributed by atoms with Crippen molar-refractivity contribution in [3.05, 3.63) is 109 Å². The number of phenols is 1. The van der Waals surface area contributed by atoms with Crippen LogP contribution < -0.4 is 16.4 Å². The lowest BCUT2D eigenvalue weighted by Gasteiger charge is -2.19. The number of hydrogen-bond acceptors (Lipinski definition) is 5. The molecular formula is C28H25N3O4. The minimum atomic E-state index is -0.713. The second kappa shape index (κ2) is 10.9. The molecule has 0 aliphatic rings. The molecule has 0 bridgehead atoms. The van der Waals surface area contributed by atoms with Gasteiger partial charge in [0.2, 0.25) is 5.91 Å². The van der Waals surface area contributed by atoms with Crippen molar-refractivity contribution in [1.29, 1.82) is 0 Å². The van der Waals surface area contributed by atoms with Crippen LogP contribution in [0.1, 0.15) is 18.1 Å². The van der Waals surface area contributed by atoms with E-state index in [1.165, 1.54) is 6.08 Å². The summed E-state index contributed by atoms with van der Waals surface area (Å²) in [6.45, 7) is 0. The lowest BCUT2D eigenvalue weighted by Crippen LogP contribution is -2.17. The van der Waals surface area contributed by atoms with Crippen LogP contribution >= 0.6 is 0 Å². The molecule has 0 heterocycles. The number of hydrogen-bond donors (Lipinski definition) is 4. The molecule has 0 aliphatic carbocycles. The van der Waals surface area contributed by atoms with Gasteiger partial charge in [0.15, 0.2) is 0 Å². The highest BCUT2D eigenvalue weighted by Gasteiger charge is 2.19. The van der Waals surface area contributed by atoms with Gasteiger partial charge in [-0.1, -0.05) is 66.7 Å². The number of benzene rings is 4. The highest BCUT2D eigenvalue weighted by molar-refractivity contribution is 6.01. The summed E-state index contributed by atoms with van der Waals surface area (Å²) in [7, 11) is 0. The maximum Gasteiger partial charge on any atom is 0.412 e. The van der Waals surface area contributed by atoms with Gasteiger partial charge in [-0.2, -0.15) is 0 Å². The Bertz CT molecular complexity index is 1370. The molecule has 35 heavy (non-hydrogen) atoms. The van der Waals surface area contributed by atoms with E-state index in [1.54, 1.807) is 72.8 Å². The number of para-hydroxylation sites is 3. The van der Waals surface area contributed by atoms with E-state index in [0.717, 1.165) is 5.39 Å². The number of phenolic OH excluding ortho intramolecular Hbond substituents is 1. The van der Waals surface area contributed by atoms with Crippen molar-refractivity contribution in [2.24, 2.45) is 0 Å². The number of carbonyl (C=O) groups excluding carboxylic acids is 2. The van der Waals surface area contributed by atoms with Crippen molar-refractivity contribution in [3.8, 4) is 5.75 Å². The summed E-state index contributed by atoms with van der Waals surface area (Å²) in [6, 6.07) is 26.5. The zero-order valence-electron chi connectivity index (χ0n) is 18.8. The lowest BCUT2D eigenvalue weighted by molar-refractivity contribution is -0.111. The SMILES string of the molecule is Nc1ccccc1NC(=O)/C=C/C[C@@H](OC(=O)Nc1ccccc1)c1ccc(O)c2ccccc12. The number of nitrogen functional groups attached to an aromatic ring is 1. The fourth-order valence-corrected chi connectivity index (χ4v) is 3.71. The molecule has 0 unspecified atom stereocenters. The van der Waals surface area contributed by atoms with Gasteiger partial charge in [-0.3, -0.25) is 10.1 Å². The summed E-state index contributed by atoms with van der Waals surface area (Å²) in [5.74, 6) is -0.224. The molecule has 4 aromatic carbocycles. The average Bonchev–Trinajstić information content (AvgIpc) is 2.86. The molecule has 4 aromatic rings. The van der Waals surface area contributed by atoms with Crippen molar-refractivity contribution in [3.63, 3.8) is 0 Å². The zero-order valence-corrected chi connectivity index (χ0v) is 18.8. The molecule has 0 spiro atoms. The van der Waals surface area contributed by atoms with Crippen LogP contribution in [0.5, 0.6) is 5.75 Å². The van der Waals surface area contributed by atoms with Gasteiger partial charge in [0.25, 0.3) is 0 Å². The van der Waals surface area contributed by atoms with Gasteiger partial charge >= 0.3 is 6.09 Å². The third-order valence-corrected chi connectivity index (χ3v) is 5.39. The molecule has 0 radical (unpaired) electrons. The second-order valence-electron chi connectivity index (χ2n) is 7.82. The zero-order chi connectivity index (χ0) is 24.6. The van der Waals surface area contributed by atoms with Crippen LogP contribution in [0, 0.1) is 0 Å². The fraction of sp³-hybridized carbons (Fsp3) is 0.0714. The number of nitrogens with one attached hydrogen (secondary N) is 2. The van der Waals surface area contributed by atoms with Crippen molar-refractivity contribution in [2.45, 2.75) is 12.5 Å². The van der Waals surface area contributed by atoms with Crippen molar-refractivity contribution >= 4 is 39.8 Å². The highest BCUT2D eigenvalue weighted by atomic mass is 16.6. The van der Waals surface area contributed by atoms with Gasteiger partial charge in [-0.15, -0.1) is 0 Å². The van der Waals surface area contributed by atoms with E-state index in [0.29, 0.717) is 28.0 Å². The third-order valence-electron chi connectivity index (χ3n) is 5.39. The minimum Gasteiger partial charge on any atom is -0.507 e. The van der Waals surface area contributed by atoms with Crippen LogP contribution in [0.15, 0.2) is 103 Å². The Morgan fingerprint density at radius 3 is 2.31 bits per heavy atom. The predicted octanol–water partition coefficient (Wildman–Crippen LogP) is 6.00. The van der Waals surface area contributed by atoms with E-state index in [9.17, 15) is 14.7 Å². The fourth-order valence-electron chi connectivity index (χ4n) is 3.71. The summed E-state index contributed by atoms with van der Waals surface area (Å²) in [6.07, 6.45) is 1.90. The summed E-state index contributed by atoms with van der Waals surface area (Å²) >= 11 is 0. The Hall–Kier alpha value is -4.78. The molecular weight excluding hydrogens is 442 g/mol. The number of amides is 2. The number of ether oxygens (including phenoxy) is 1. The predicted molar refractivity (Wildman–Crippen MR) is 138 cm³/mol. The van der Waals surface area contributed by atoms with Crippen LogP contribution in [-0.2, 0) is 9.53 Å². The molecule has 0 aliphatic heterocycles. The van der Waals surface area contributed by atoms with Gasteiger partial charge in [0.05, 0.1) is 11.4 Å². The van der Waals surface area contributed by atoms with Crippen molar-refractivity contribution in [1.82, 2.24) is 0 Å². The van der Waals surface area contributed by atoms with Crippen molar-refractivity contribution in [2.75, 3.05) is 16.4 Å². The molecule has 5 N–H and O–H groups in total. The summed E-state index contributed by atoms with van der Waals surface area (Å²) in [5, 5.41) is 17.1. The smallest absolute Gasteiger partial charge is 0.412 e. The molecule has 176 valence electrons. The number of nitrogens with two attached hydrogens (primary N) is 1. The lowest BCUT2D eigenvalue weighted by atomic mass is 9.97. The highest BCUT2D eigenvalue weighted by Crippen LogP contribution is 2.34. The summed E-state index contributed by atoms with van der Waals surface area (Å²) in [4.78, 5) is 25.1. The van der Waals surface area contributed by atoms with Crippen LogP contribution in [-0.4, -0.2) is 17.1 Å². The van der Waals surface area contributed by atoms with E-state index >= 15 is 0 Å². The Labute approximate surface area is 202 Å². The maximum absolute atomic E-state index is 12.7. The second-order valence-corrected chi connectivity index (χ2v) is 7.82. The van der Waals surface area contributed by atoms with Gasteiger partial charge < -0.3 is 20.9 Å². The Morgan fingerprint density at radius 2 is 1.54 bits per heavy atom. The molecule has 0 fully saturated rings. The van der Waals surface area contributed by atoms with E-state index in [4.69, 9.17) is 10.5 Å². The van der Waals surface area contributed by atoms with E-state index in [1.807, 2.05) is 24.3 Å². The minimum absolute atomic E-state index is 0.132. The molecule has 1 atom stereocenters. The van der Waals surface area contributed by atoms with E-state index in [-0.39, 0.29) is 18.1 Å². The van der Waals surface area contributed by atoms with Gasteiger partial charge in [0.1, 0.15) is 11.9 Å². The van der Waals surface area contributed by atoms with Crippen LogP contribution in [0.3, 0.4) is 0 Å². The number of aromatic hydroxyl groups is 1. The van der Waals surface area contributed by atoms with Gasteiger partial charge in [0, 0.05) is 23.1 Å². The standard InChI is InChI=1S/C28H25N3O4/c29-23-13-6-7-14-24(23)31-27(33)16-8-15-26(35-28(34)30-19-9-2-1-3-10-19)22-17-18-25(32)21-12-5-4-11-20(21)22/h1-14,16-18,26,32H,15,29H2,(H,30,34)(H,31,33)/b16-8+/t26-/m1/s1. The molecule has 7 heteroatoms. The quantitative estimate of drug-likeness (QED) is 0.197. The molecule has 4 rings (SSSR count). The molecule has 2 amide bonds. The molecule has 0 aromatic heterocycles. The third kappa shape index (κ3) is 5.97. The number of rotatable bonds is 7. The molecule has 7 nitrogen and oxygen atoms in total. The average molecular weight is 468 g/mol. The van der Waals surface area contributed by atoms with Crippen LogP contribution in [0.4, 0.5) is 21.9 Å². The number of anilines is 3. The van der Waals surface area contributed by atoms with Crippen molar-refractivity contribution < 1.29 is 19.4 Å². The summed E-state index contributed by atoms with van der Waals surface area (Å²) < 4.78 is 5.77. The maximum atomic E-state index is 12.7. The largest absolute Gasteiger partial charge is 0.507 e. The monoisotopic (exact) mass is 467 g/mol.